The van der Waals surface area contributed by atoms with E-state index in [4.69, 9.17) is 11.6 Å². The van der Waals surface area contributed by atoms with E-state index in [2.05, 4.69) is 46.7 Å². The molecule has 1 aromatic carbocycles. The van der Waals surface area contributed by atoms with E-state index in [9.17, 15) is 0 Å². The molecular weight excluding hydrogens is 355 g/mol. The largest absolute Gasteiger partial charge is 0.334 e. The van der Waals surface area contributed by atoms with Crippen molar-refractivity contribution in [1.29, 1.82) is 0 Å². The maximum atomic E-state index is 6.15. The van der Waals surface area contributed by atoms with Crippen molar-refractivity contribution in [3.8, 4) is 0 Å². The molecule has 0 radical (unpaired) electrons. The topological polar surface area (TPSA) is 24.4 Å². The van der Waals surface area contributed by atoms with Crippen molar-refractivity contribution >= 4 is 56.8 Å². The van der Waals surface area contributed by atoms with Crippen LogP contribution in [0.3, 0.4) is 0 Å². The quantitative estimate of drug-likeness (QED) is 0.752. The van der Waals surface area contributed by atoms with Crippen molar-refractivity contribution in [2.75, 3.05) is 11.1 Å². The molecule has 16 heavy (non-hydrogen) atoms. The van der Waals surface area contributed by atoms with Gasteiger partial charge in [-0.3, -0.25) is 4.99 Å². The summed E-state index contributed by atoms with van der Waals surface area (Å²) < 4.78 is 1.13. The van der Waals surface area contributed by atoms with E-state index in [-0.39, 0.29) is 5.54 Å². The molecular formula is C11H12ClIN2S. The molecule has 86 valence electrons. The van der Waals surface area contributed by atoms with Crippen LogP contribution in [0.15, 0.2) is 23.2 Å². The van der Waals surface area contributed by atoms with Gasteiger partial charge in [0.05, 0.1) is 16.2 Å². The highest BCUT2D eigenvalue weighted by molar-refractivity contribution is 14.1. The first-order valence-electron chi connectivity index (χ1n) is 4.91. The third kappa shape index (κ3) is 3.05. The number of nitrogens with one attached hydrogen (secondary N) is 1. The predicted octanol–water partition coefficient (Wildman–Crippen LogP) is 4.24. The number of aliphatic imine (C=N–C) groups is 1. The van der Waals surface area contributed by atoms with E-state index >= 15 is 0 Å². The standard InChI is InChI=1S/C11H12ClIN2S/c1-11(2)6-16-10(15-11)14-9-4-3-7(13)5-8(9)12/h3-5H,6H2,1-2H3,(H,14,15). The zero-order valence-electron chi connectivity index (χ0n) is 9.05. The molecule has 0 saturated heterocycles. The van der Waals surface area contributed by atoms with Gasteiger partial charge >= 0.3 is 0 Å². The smallest absolute Gasteiger partial charge is 0.161 e. The molecule has 2 nitrogen and oxygen atoms in total. The first-order chi connectivity index (χ1) is 7.46. The van der Waals surface area contributed by atoms with E-state index in [1.165, 1.54) is 0 Å². The number of benzene rings is 1. The Morgan fingerprint density at radius 2 is 2.25 bits per heavy atom. The molecule has 0 aliphatic carbocycles. The van der Waals surface area contributed by atoms with Gasteiger partial charge in [0.25, 0.3) is 0 Å². The Morgan fingerprint density at radius 1 is 1.50 bits per heavy atom. The van der Waals surface area contributed by atoms with Gasteiger partial charge in [-0.05, 0) is 54.6 Å². The Kier molecular flexibility index (Phi) is 3.71. The Hall–Kier alpha value is 0.0600. The molecule has 0 spiro atoms. The zero-order chi connectivity index (χ0) is 11.8. The molecule has 1 N–H and O–H groups in total. The van der Waals surface area contributed by atoms with Gasteiger partial charge in [0.1, 0.15) is 0 Å². The number of nitrogens with zero attached hydrogens (tertiary/aromatic N) is 1. The van der Waals surface area contributed by atoms with Gasteiger partial charge in [-0.2, -0.15) is 0 Å². The van der Waals surface area contributed by atoms with E-state index in [0.29, 0.717) is 0 Å². The minimum Gasteiger partial charge on any atom is -0.334 e. The summed E-state index contributed by atoms with van der Waals surface area (Å²) in [5, 5.41) is 4.96. The highest BCUT2D eigenvalue weighted by atomic mass is 127. The third-order valence-electron chi connectivity index (χ3n) is 2.14. The lowest BCUT2D eigenvalue weighted by molar-refractivity contribution is 0.605. The second-order valence-corrected chi connectivity index (χ2v) is 6.88. The molecule has 0 atom stereocenters. The molecule has 1 heterocycles. The van der Waals surface area contributed by atoms with Crippen molar-refractivity contribution in [2.45, 2.75) is 19.4 Å². The SMILES string of the molecule is CC1(C)CSC(Nc2ccc(I)cc2Cl)=N1. The number of hydrogen-bond donors (Lipinski definition) is 1. The predicted molar refractivity (Wildman–Crippen MR) is 81.8 cm³/mol. The fourth-order valence-corrected chi connectivity index (χ4v) is 3.31. The van der Waals surface area contributed by atoms with Gasteiger partial charge < -0.3 is 5.32 Å². The number of hydrogen-bond acceptors (Lipinski definition) is 3. The molecule has 0 unspecified atom stereocenters. The van der Waals surface area contributed by atoms with Gasteiger partial charge in [-0.15, -0.1) is 0 Å². The fraction of sp³-hybridized carbons (Fsp3) is 0.364. The summed E-state index contributed by atoms with van der Waals surface area (Å²) in [5.41, 5.74) is 0.953. The summed E-state index contributed by atoms with van der Waals surface area (Å²) in [6.45, 7) is 4.26. The van der Waals surface area contributed by atoms with Gasteiger partial charge in [-0.1, -0.05) is 23.4 Å². The van der Waals surface area contributed by atoms with Crippen LogP contribution in [0.1, 0.15) is 13.8 Å². The lowest BCUT2D eigenvalue weighted by atomic mass is 10.1. The van der Waals surface area contributed by atoms with E-state index in [1.807, 2.05) is 18.2 Å². The fourth-order valence-electron chi connectivity index (χ4n) is 1.35. The van der Waals surface area contributed by atoms with E-state index < -0.39 is 0 Å². The molecule has 2 rings (SSSR count). The number of anilines is 1. The molecule has 1 aromatic rings. The van der Waals surface area contributed by atoms with Crippen LogP contribution >= 0.6 is 46.0 Å². The van der Waals surface area contributed by atoms with Crippen LogP contribution in [0.25, 0.3) is 0 Å². The van der Waals surface area contributed by atoms with Crippen molar-refractivity contribution in [2.24, 2.45) is 4.99 Å². The lowest BCUT2D eigenvalue weighted by Crippen LogP contribution is -2.15. The average Bonchev–Trinajstić information content (AvgIpc) is 2.51. The highest BCUT2D eigenvalue weighted by Gasteiger charge is 2.25. The number of thioether (sulfide) groups is 1. The summed E-state index contributed by atoms with van der Waals surface area (Å²) in [4.78, 5) is 4.59. The Bertz CT molecular complexity index is 446. The first-order valence-corrected chi connectivity index (χ1v) is 7.35. The van der Waals surface area contributed by atoms with Crippen LogP contribution in [-0.2, 0) is 0 Å². The highest BCUT2D eigenvalue weighted by Crippen LogP contribution is 2.30. The molecule has 0 aromatic heterocycles. The van der Waals surface area contributed by atoms with Crippen molar-refractivity contribution in [3.05, 3.63) is 26.8 Å². The summed E-state index contributed by atoms with van der Waals surface area (Å²) >= 11 is 10.1. The number of halogens is 2. The van der Waals surface area contributed by atoms with Crippen LogP contribution < -0.4 is 5.32 Å². The molecule has 1 aliphatic rings. The van der Waals surface area contributed by atoms with Gasteiger partial charge in [0.15, 0.2) is 5.17 Å². The Morgan fingerprint density at radius 3 is 2.81 bits per heavy atom. The van der Waals surface area contributed by atoms with Gasteiger partial charge in [-0.25, -0.2) is 0 Å². The maximum Gasteiger partial charge on any atom is 0.161 e. The van der Waals surface area contributed by atoms with Gasteiger partial charge in [0.2, 0.25) is 0 Å². The van der Waals surface area contributed by atoms with Crippen molar-refractivity contribution in [3.63, 3.8) is 0 Å². The molecule has 0 fully saturated rings. The molecule has 0 saturated carbocycles. The summed E-state index contributed by atoms with van der Waals surface area (Å²) in [5.74, 6) is 1.01. The first kappa shape index (κ1) is 12.5. The molecule has 0 amide bonds. The number of rotatable bonds is 1. The van der Waals surface area contributed by atoms with Crippen molar-refractivity contribution in [1.82, 2.24) is 0 Å². The lowest BCUT2D eigenvalue weighted by Gasteiger charge is -2.09. The molecule has 0 bridgehead atoms. The van der Waals surface area contributed by atoms with Gasteiger partial charge in [0, 0.05) is 9.32 Å². The Labute approximate surface area is 118 Å². The van der Waals surface area contributed by atoms with Crippen molar-refractivity contribution < 1.29 is 0 Å². The second kappa shape index (κ2) is 4.74. The summed E-state index contributed by atoms with van der Waals surface area (Å²) in [6, 6.07) is 5.95. The minimum atomic E-state index is 0.0304. The van der Waals surface area contributed by atoms with E-state index in [1.54, 1.807) is 11.8 Å². The maximum absolute atomic E-state index is 6.15. The van der Waals surface area contributed by atoms with Crippen LogP contribution in [0.2, 0.25) is 5.02 Å². The zero-order valence-corrected chi connectivity index (χ0v) is 12.8. The summed E-state index contributed by atoms with van der Waals surface area (Å²) in [6.07, 6.45) is 0. The minimum absolute atomic E-state index is 0.0304. The second-order valence-electron chi connectivity index (χ2n) is 4.27. The normalized spacial score (nSPS) is 18.4. The monoisotopic (exact) mass is 366 g/mol. The Balaban J connectivity index is 2.16. The van der Waals surface area contributed by atoms with E-state index in [0.717, 1.165) is 25.2 Å². The number of amidine groups is 1. The third-order valence-corrected chi connectivity index (χ3v) is 4.44. The van der Waals surface area contributed by atoms with Crippen LogP contribution in [-0.4, -0.2) is 16.5 Å². The molecule has 5 heteroatoms. The molecule has 1 aliphatic heterocycles. The van der Waals surface area contributed by atoms with Crippen LogP contribution in [0.5, 0.6) is 0 Å². The van der Waals surface area contributed by atoms with Crippen LogP contribution in [0.4, 0.5) is 5.69 Å². The summed E-state index contributed by atoms with van der Waals surface area (Å²) in [7, 11) is 0. The van der Waals surface area contributed by atoms with Crippen LogP contribution in [0, 0.1) is 3.57 Å². The average molecular weight is 367 g/mol.